The predicted molar refractivity (Wildman–Crippen MR) is 61.3 cm³/mol. The summed E-state index contributed by atoms with van der Waals surface area (Å²) in [5.41, 5.74) is 0. The van der Waals surface area contributed by atoms with Crippen molar-refractivity contribution in [2.75, 3.05) is 16.8 Å². The van der Waals surface area contributed by atoms with E-state index in [1.54, 1.807) is 0 Å². The van der Waals surface area contributed by atoms with E-state index in [0.717, 1.165) is 10.4 Å². The molecule has 2 nitrogen and oxygen atoms in total. The summed E-state index contributed by atoms with van der Waals surface area (Å²) in [5, 5.41) is 3.42. The minimum absolute atomic E-state index is 0.604. The van der Waals surface area contributed by atoms with Gasteiger partial charge in [0.1, 0.15) is 10.4 Å². The van der Waals surface area contributed by atoms with Gasteiger partial charge in [0.05, 0.1) is 0 Å². The summed E-state index contributed by atoms with van der Waals surface area (Å²) < 4.78 is 0.892. The number of hydrogen-bond acceptors (Lipinski definition) is 3. The summed E-state index contributed by atoms with van der Waals surface area (Å²) in [5.74, 6) is 3.45. The van der Waals surface area contributed by atoms with Crippen molar-refractivity contribution in [2.45, 2.75) is 12.5 Å². The van der Waals surface area contributed by atoms with Gasteiger partial charge in [-0.3, -0.25) is 0 Å². The van der Waals surface area contributed by atoms with Gasteiger partial charge in [0.2, 0.25) is 0 Å². The molecular weight excluding hydrogens is 248 g/mol. The Balaban J connectivity index is 2.00. The Kier molecular flexibility index (Phi) is 3.11. The van der Waals surface area contributed by atoms with Crippen molar-refractivity contribution in [2.24, 2.45) is 0 Å². The SMILES string of the molecule is Brc1cccc(NC2CCSC2)n1. The molecule has 2 heterocycles. The fourth-order valence-corrected chi connectivity index (χ4v) is 2.84. The molecule has 1 aliphatic heterocycles. The molecule has 0 radical (unpaired) electrons. The Labute approximate surface area is 90.6 Å². The molecule has 0 aliphatic carbocycles. The van der Waals surface area contributed by atoms with Crippen LogP contribution in [0.15, 0.2) is 22.8 Å². The van der Waals surface area contributed by atoms with E-state index in [1.807, 2.05) is 30.0 Å². The van der Waals surface area contributed by atoms with Crippen LogP contribution in [0.4, 0.5) is 5.82 Å². The third kappa shape index (κ3) is 2.61. The van der Waals surface area contributed by atoms with Crippen LogP contribution < -0.4 is 5.32 Å². The second-order valence-corrected chi connectivity index (χ2v) is 5.01. The molecule has 1 N–H and O–H groups in total. The van der Waals surface area contributed by atoms with E-state index >= 15 is 0 Å². The minimum Gasteiger partial charge on any atom is -0.366 e. The molecule has 1 aliphatic rings. The molecule has 1 atom stereocenters. The maximum atomic E-state index is 4.33. The number of pyridine rings is 1. The molecule has 1 unspecified atom stereocenters. The predicted octanol–water partition coefficient (Wildman–Crippen LogP) is 2.76. The Bertz CT molecular complexity index is 287. The summed E-state index contributed by atoms with van der Waals surface area (Å²) in [6.07, 6.45) is 1.25. The molecule has 0 bridgehead atoms. The zero-order valence-electron chi connectivity index (χ0n) is 7.16. The van der Waals surface area contributed by atoms with Gasteiger partial charge in [-0.25, -0.2) is 4.98 Å². The first kappa shape index (κ1) is 9.34. The second-order valence-electron chi connectivity index (χ2n) is 3.05. The van der Waals surface area contributed by atoms with Gasteiger partial charge in [-0.05, 0) is 40.2 Å². The fraction of sp³-hybridized carbons (Fsp3) is 0.444. The minimum atomic E-state index is 0.604. The highest BCUT2D eigenvalue weighted by molar-refractivity contribution is 9.10. The maximum Gasteiger partial charge on any atom is 0.127 e. The monoisotopic (exact) mass is 258 g/mol. The first-order valence-corrected chi connectivity index (χ1v) is 6.26. The van der Waals surface area contributed by atoms with Crippen LogP contribution in [0, 0.1) is 0 Å². The van der Waals surface area contributed by atoms with Crippen molar-refractivity contribution in [3.05, 3.63) is 22.8 Å². The van der Waals surface area contributed by atoms with Crippen LogP contribution in [0.2, 0.25) is 0 Å². The average molecular weight is 259 g/mol. The van der Waals surface area contributed by atoms with Crippen molar-refractivity contribution < 1.29 is 0 Å². The first-order chi connectivity index (χ1) is 6.34. The molecule has 0 aromatic carbocycles. The van der Waals surface area contributed by atoms with E-state index in [1.165, 1.54) is 17.9 Å². The molecule has 2 rings (SSSR count). The lowest BCUT2D eigenvalue weighted by molar-refractivity contribution is 0.806. The van der Waals surface area contributed by atoms with E-state index in [0.29, 0.717) is 6.04 Å². The molecule has 0 saturated carbocycles. The number of hydrogen-bond donors (Lipinski definition) is 1. The van der Waals surface area contributed by atoms with Gasteiger partial charge in [-0.2, -0.15) is 11.8 Å². The Morgan fingerprint density at radius 2 is 2.46 bits per heavy atom. The highest BCUT2D eigenvalue weighted by Gasteiger charge is 2.14. The van der Waals surface area contributed by atoms with E-state index in [-0.39, 0.29) is 0 Å². The van der Waals surface area contributed by atoms with Crippen molar-refractivity contribution in [3.8, 4) is 0 Å². The molecule has 13 heavy (non-hydrogen) atoms. The lowest BCUT2D eigenvalue weighted by Crippen LogP contribution is -2.18. The Hall–Kier alpha value is -0.220. The average Bonchev–Trinajstić information content (AvgIpc) is 2.57. The van der Waals surface area contributed by atoms with Crippen LogP contribution >= 0.6 is 27.7 Å². The number of aromatic nitrogens is 1. The third-order valence-corrected chi connectivity index (χ3v) is 3.60. The van der Waals surface area contributed by atoms with Crippen molar-refractivity contribution in [3.63, 3.8) is 0 Å². The van der Waals surface area contributed by atoms with Gasteiger partial charge in [-0.15, -0.1) is 0 Å². The van der Waals surface area contributed by atoms with E-state index in [9.17, 15) is 0 Å². The quantitative estimate of drug-likeness (QED) is 0.827. The van der Waals surface area contributed by atoms with Crippen LogP contribution in [0.1, 0.15) is 6.42 Å². The zero-order valence-corrected chi connectivity index (χ0v) is 9.57. The maximum absolute atomic E-state index is 4.33. The first-order valence-electron chi connectivity index (χ1n) is 4.31. The molecule has 0 amide bonds. The summed E-state index contributed by atoms with van der Waals surface area (Å²) in [6, 6.07) is 6.55. The Morgan fingerprint density at radius 3 is 3.15 bits per heavy atom. The van der Waals surface area contributed by atoms with Gasteiger partial charge in [0.25, 0.3) is 0 Å². The standard InChI is InChI=1S/C9H11BrN2S/c10-8-2-1-3-9(12-8)11-7-4-5-13-6-7/h1-3,7H,4-6H2,(H,11,12). The number of halogens is 1. The smallest absolute Gasteiger partial charge is 0.127 e. The second kappa shape index (κ2) is 4.33. The molecule has 4 heteroatoms. The topological polar surface area (TPSA) is 24.9 Å². The van der Waals surface area contributed by atoms with Gasteiger partial charge in [-0.1, -0.05) is 6.07 Å². The molecule has 1 fully saturated rings. The molecule has 1 aromatic heterocycles. The van der Waals surface area contributed by atoms with Gasteiger partial charge < -0.3 is 5.32 Å². The molecule has 70 valence electrons. The molecule has 0 spiro atoms. The van der Waals surface area contributed by atoms with Crippen LogP contribution in [-0.2, 0) is 0 Å². The van der Waals surface area contributed by atoms with Crippen LogP contribution in [0.5, 0.6) is 0 Å². The van der Waals surface area contributed by atoms with Crippen molar-refractivity contribution in [1.29, 1.82) is 0 Å². The van der Waals surface area contributed by atoms with Gasteiger partial charge >= 0.3 is 0 Å². The largest absolute Gasteiger partial charge is 0.366 e. The molecular formula is C9H11BrN2S. The van der Waals surface area contributed by atoms with Gasteiger partial charge in [0.15, 0.2) is 0 Å². The number of thioether (sulfide) groups is 1. The normalized spacial score (nSPS) is 21.8. The third-order valence-electron chi connectivity index (χ3n) is 2.00. The van der Waals surface area contributed by atoms with Crippen molar-refractivity contribution >= 4 is 33.5 Å². The highest BCUT2D eigenvalue weighted by Crippen LogP contribution is 2.21. The van der Waals surface area contributed by atoms with E-state index in [4.69, 9.17) is 0 Å². The summed E-state index contributed by atoms with van der Waals surface area (Å²) >= 11 is 5.36. The van der Waals surface area contributed by atoms with Crippen LogP contribution in [0.25, 0.3) is 0 Å². The summed E-state index contributed by atoms with van der Waals surface area (Å²) in [7, 11) is 0. The number of rotatable bonds is 2. The summed E-state index contributed by atoms with van der Waals surface area (Å²) in [6.45, 7) is 0. The zero-order chi connectivity index (χ0) is 9.10. The number of nitrogens with zero attached hydrogens (tertiary/aromatic N) is 1. The molecule has 1 saturated heterocycles. The fourth-order valence-electron chi connectivity index (χ4n) is 1.35. The lowest BCUT2D eigenvalue weighted by atomic mass is 10.2. The van der Waals surface area contributed by atoms with E-state index < -0.39 is 0 Å². The molecule has 1 aromatic rings. The van der Waals surface area contributed by atoms with Crippen LogP contribution in [-0.4, -0.2) is 22.5 Å². The highest BCUT2D eigenvalue weighted by atomic mass is 79.9. The number of nitrogens with one attached hydrogen (secondary N) is 1. The van der Waals surface area contributed by atoms with Crippen molar-refractivity contribution in [1.82, 2.24) is 4.98 Å². The number of anilines is 1. The van der Waals surface area contributed by atoms with E-state index in [2.05, 4.69) is 26.2 Å². The summed E-state index contributed by atoms with van der Waals surface area (Å²) in [4.78, 5) is 4.33. The Morgan fingerprint density at radius 1 is 1.54 bits per heavy atom. The van der Waals surface area contributed by atoms with Crippen LogP contribution in [0.3, 0.4) is 0 Å². The lowest BCUT2D eigenvalue weighted by Gasteiger charge is -2.11. The van der Waals surface area contributed by atoms with Gasteiger partial charge in [0, 0.05) is 11.8 Å².